The van der Waals surface area contributed by atoms with Crippen LogP contribution in [0.2, 0.25) is 0 Å². The topological polar surface area (TPSA) is 101 Å². The Kier molecular flexibility index (Phi) is 5.83. The van der Waals surface area contributed by atoms with Crippen LogP contribution in [0.3, 0.4) is 0 Å². The maximum absolute atomic E-state index is 12.7. The number of amides is 1. The predicted molar refractivity (Wildman–Crippen MR) is 118 cm³/mol. The van der Waals surface area contributed by atoms with E-state index in [1.165, 1.54) is 11.1 Å². The molecule has 3 saturated carbocycles. The van der Waals surface area contributed by atoms with Gasteiger partial charge in [0.15, 0.2) is 0 Å². The molecule has 0 saturated heterocycles. The third kappa shape index (κ3) is 3.96. The number of anilines is 1. The SMILES string of the molecule is C[C@@H]1[C@H]2C[C@@H](C[C@H]1Nc1cnn(CC(=O)NCC3=CN=NCC3)c(=O)c1Br)C2(C)C. The van der Waals surface area contributed by atoms with Crippen molar-refractivity contribution in [2.75, 3.05) is 18.4 Å². The Balaban J connectivity index is 1.38. The molecule has 3 fully saturated rings. The predicted octanol–water partition coefficient (Wildman–Crippen LogP) is 3.34. The summed E-state index contributed by atoms with van der Waals surface area (Å²) in [6.45, 7) is 7.98. The molecule has 3 aliphatic carbocycles. The molecule has 2 bridgehead atoms. The molecule has 1 aromatic rings. The molecule has 9 heteroatoms. The van der Waals surface area contributed by atoms with Crippen molar-refractivity contribution < 1.29 is 4.79 Å². The van der Waals surface area contributed by atoms with Gasteiger partial charge in [-0.2, -0.15) is 15.3 Å². The molecule has 2 heterocycles. The van der Waals surface area contributed by atoms with Crippen molar-refractivity contribution in [3.63, 3.8) is 0 Å². The smallest absolute Gasteiger partial charge is 0.283 e. The van der Waals surface area contributed by atoms with E-state index in [1.54, 1.807) is 12.4 Å². The highest BCUT2D eigenvalue weighted by Crippen LogP contribution is 2.61. The molecular weight excluding hydrogens is 448 g/mol. The molecule has 8 nitrogen and oxygen atoms in total. The van der Waals surface area contributed by atoms with Gasteiger partial charge < -0.3 is 10.6 Å². The molecule has 30 heavy (non-hydrogen) atoms. The van der Waals surface area contributed by atoms with Gasteiger partial charge >= 0.3 is 0 Å². The van der Waals surface area contributed by atoms with Crippen molar-refractivity contribution >= 4 is 27.5 Å². The summed E-state index contributed by atoms with van der Waals surface area (Å²) in [5.41, 5.74) is 1.82. The van der Waals surface area contributed by atoms with Gasteiger partial charge in [0.1, 0.15) is 11.0 Å². The van der Waals surface area contributed by atoms with Crippen LogP contribution in [-0.2, 0) is 11.3 Å². The van der Waals surface area contributed by atoms with Crippen LogP contribution in [0.25, 0.3) is 0 Å². The van der Waals surface area contributed by atoms with Gasteiger partial charge in [0.25, 0.3) is 5.56 Å². The van der Waals surface area contributed by atoms with Gasteiger partial charge in [-0.3, -0.25) is 9.59 Å². The number of hydrogen-bond acceptors (Lipinski definition) is 6. The molecule has 4 atom stereocenters. The van der Waals surface area contributed by atoms with E-state index in [4.69, 9.17) is 0 Å². The van der Waals surface area contributed by atoms with E-state index >= 15 is 0 Å². The van der Waals surface area contributed by atoms with Gasteiger partial charge in [-0.15, -0.1) is 0 Å². The molecule has 4 aliphatic rings. The summed E-state index contributed by atoms with van der Waals surface area (Å²) in [6, 6.07) is 0.333. The lowest BCUT2D eigenvalue weighted by atomic mass is 9.45. The Morgan fingerprint density at radius 3 is 2.83 bits per heavy atom. The number of fused-ring (bicyclic) bond motifs is 2. The van der Waals surface area contributed by atoms with Crippen LogP contribution in [0, 0.1) is 23.2 Å². The zero-order valence-electron chi connectivity index (χ0n) is 17.7. The molecule has 5 rings (SSSR count). The highest BCUT2D eigenvalue weighted by atomic mass is 79.9. The molecule has 0 spiro atoms. The molecule has 1 aliphatic heterocycles. The molecule has 0 aromatic carbocycles. The Bertz CT molecular complexity index is 953. The summed E-state index contributed by atoms with van der Waals surface area (Å²) >= 11 is 3.42. The largest absolute Gasteiger partial charge is 0.380 e. The maximum atomic E-state index is 12.7. The van der Waals surface area contributed by atoms with Crippen molar-refractivity contribution in [2.24, 2.45) is 33.4 Å². The van der Waals surface area contributed by atoms with Gasteiger partial charge in [0, 0.05) is 12.6 Å². The molecule has 1 amide bonds. The summed E-state index contributed by atoms with van der Waals surface area (Å²) in [5.74, 6) is 1.72. The second kappa shape index (κ2) is 8.24. The van der Waals surface area contributed by atoms with Crippen molar-refractivity contribution in [2.45, 2.75) is 52.6 Å². The molecule has 1 aromatic heterocycles. The number of rotatable bonds is 6. The van der Waals surface area contributed by atoms with Gasteiger partial charge in [-0.25, -0.2) is 4.68 Å². The lowest BCUT2D eigenvalue weighted by molar-refractivity contribution is -0.121. The molecule has 0 unspecified atom stereocenters. The highest BCUT2D eigenvalue weighted by molar-refractivity contribution is 9.10. The number of nitrogens with one attached hydrogen (secondary N) is 2. The lowest BCUT2D eigenvalue weighted by Crippen LogP contribution is -2.58. The van der Waals surface area contributed by atoms with Crippen LogP contribution in [0.5, 0.6) is 0 Å². The van der Waals surface area contributed by atoms with Gasteiger partial charge in [-0.1, -0.05) is 20.8 Å². The Hall–Kier alpha value is -2.03. The van der Waals surface area contributed by atoms with Crippen LogP contribution >= 0.6 is 15.9 Å². The van der Waals surface area contributed by atoms with Gasteiger partial charge in [0.2, 0.25) is 5.91 Å². The average molecular weight is 477 g/mol. The van der Waals surface area contributed by atoms with Gasteiger partial charge in [-0.05, 0) is 63.9 Å². The minimum atomic E-state index is -0.310. The summed E-state index contributed by atoms with van der Waals surface area (Å²) in [5, 5.41) is 18.3. The first-order valence-electron chi connectivity index (χ1n) is 10.6. The Morgan fingerprint density at radius 1 is 1.37 bits per heavy atom. The van der Waals surface area contributed by atoms with E-state index < -0.39 is 0 Å². The number of carbonyl (C=O) groups is 1. The number of halogens is 1. The second-order valence-electron chi connectivity index (χ2n) is 9.34. The van der Waals surface area contributed by atoms with Crippen molar-refractivity contribution in [3.05, 3.63) is 32.8 Å². The van der Waals surface area contributed by atoms with E-state index in [1.807, 2.05) is 0 Å². The van der Waals surface area contributed by atoms with E-state index in [9.17, 15) is 9.59 Å². The quantitative estimate of drug-likeness (QED) is 0.656. The first kappa shape index (κ1) is 21.2. The third-order valence-electron chi connectivity index (χ3n) is 7.34. The second-order valence-corrected chi connectivity index (χ2v) is 10.1. The van der Waals surface area contributed by atoms with Crippen LogP contribution in [0.15, 0.2) is 37.5 Å². The average Bonchev–Trinajstić information content (AvgIpc) is 2.73. The van der Waals surface area contributed by atoms with E-state index in [0.29, 0.717) is 46.5 Å². The first-order valence-corrected chi connectivity index (χ1v) is 11.4. The fourth-order valence-electron chi connectivity index (χ4n) is 5.19. The fourth-order valence-corrected chi connectivity index (χ4v) is 5.62. The maximum Gasteiger partial charge on any atom is 0.283 e. The third-order valence-corrected chi connectivity index (χ3v) is 8.11. The van der Waals surface area contributed by atoms with Crippen LogP contribution < -0.4 is 16.2 Å². The normalized spacial score (nSPS) is 29.0. The lowest BCUT2D eigenvalue weighted by Gasteiger charge is -2.62. The minimum absolute atomic E-state index is 0.120. The van der Waals surface area contributed by atoms with E-state index in [0.717, 1.165) is 24.3 Å². The Morgan fingerprint density at radius 2 is 2.17 bits per heavy atom. The number of aromatic nitrogens is 2. The molecular formula is C21H29BrN6O2. The van der Waals surface area contributed by atoms with E-state index in [-0.39, 0.29) is 18.0 Å². The van der Waals surface area contributed by atoms with Crippen molar-refractivity contribution in [1.29, 1.82) is 0 Å². The Labute approximate surface area is 184 Å². The van der Waals surface area contributed by atoms with Crippen LogP contribution in [0.1, 0.15) is 40.0 Å². The number of carbonyl (C=O) groups excluding carboxylic acids is 1. The molecule has 0 radical (unpaired) electrons. The number of hydrogen-bond donors (Lipinski definition) is 2. The van der Waals surface area contributed by atoms with Gasteiger partial charge in [0.05, 0.1) is 24.6 Å². The summed E-state index contributed by atoms with van der Waals surface area (Å²) in [4.78, 5) is 25.0. The first-order chi connectivity index (χ1) is 14.3. The number of nitrogens with zero attached hydrogens (tertiary/aromatic N) is 4. The zero-order valence-corrected chi connectivity index (χ0v) is 19.3. The molecule has 162 valence electrons. The van der Waals surface area contributed by atoms with Crippen molar-refractivity contribution in [1.82, 2.24) is 15.1 Å². The van der Waals surface area contributed by atoms with Crippen LogP contribution in [0.4, 0.5) is 5.69 Å². The minimum Gasteiger partial charge on any atom is -0.380 e. The zero-order chi connectivity index (χ0) is 21.5. The summed E-state index contributed by atoms with van der Waals surface area (Å²) in [7, 11) is 0. The number of azo groups is 1. The standard InChI is InChI=1S/C21H29BrN6O2/c1-12-15-6-14(21(15,2)3)7-16(12)27-17-10-26-28(20(30)19(17)22)11-18(29)23-8-13-4-5-24-25-9-13/h9-10,12,14-16,27H,4-8,11H2,1-3H3,(H,23,29)/t12-,14+,15-,16-/m1/s1. The fraction of sp³-hybridized carbons (Fsp3) is 0.667. The van der Waals surface area contributed by atoms with Crippen molar-refractivity contribution in [3.8, 4) is 0 Å². The van der Waals surface area contributed by atoms with Crippen LogP contribution in [-0.4, -0.2) is 34.8 Å². The molecule has 2 N–H and O–H groups in total. The summed E-state index contributed by atoms with van der Waals surface area (Å²) in [6.07, 6.45) is 6.51. The monoisotopic (exact) mass is 476 g/mol. The van der Waals surface area contributed by atoms with E-state index in [2.05, 4.69) is 62.7 Å². The highest BCUT2D eigenvalue weighted by Gasteiger charge is 2.56. The summed E-state index contributed by atoms with van der Waals surface area (Å²) < 4.78 is 1.61.